The topological polar surface area (TPSA) is 98.9 Å². The van der Waals surface area contributed by atoms with Gasteiger partial charge >= 0.3 is 0 Å². The fourth-order valence-corrected chi connectivity index (χ4v) is 6.09. The summed E-state index contributed by atoms with van der Waals surface area (Å²) in [4.78, 5) is 16.9. The molecule has 2 aromatic heterocycles. The van der Waals surface area contributed by atoms with Crippen LogP contribution in [0.4, 0.5) is 8.78 Å². The van der Waals surface area contributed by atoms with Crippen LogP contribution in [0.5, 0.6) is 0 Å². The number of rotatable bonds is 7. The van der Waals surface area contributed by atoms with Gasteiger partial charge in [0, 0.05) is 42.6 Å². The van der Waals surface area contributed by atoms with Gasteiger partial charge in [0.1, 0.15) is 5.82 Å². The van der Waals surface area contributed by atoms with E-state index in [0.29, 0.717) is 30.5 Å². The van der Waals surface area contributed by atoms with Crippen molar-refractivity contribution >= 4 is 27.0 Å². The summed E-state index contributed by atoms with van der Waals surface area (Å²) >= 11 is 0. The minimum absolute atomic E-state index is 0.0412. The van der Waals surface area contributed by atoms with Crippen LogP contribution in [0, 0.1) is 5.92 Å². The zero-order chi connectivity index (χ0) is 26.6. The molecule has 0 bridgehead atoms. The van der Waals surface area contributed by atoms with Crippen molar-refractivity contribution < 1.29 is 22.0 Å². The molecule has 200 valence electrons. The van der Waals surface area contributed by atoms with Crippen molar-refractivity contribution in [1.29, 1.82) is 0 Å². The van der Waals surface area contributed by atoms with E-state index in [9.17, 15) is 22.0 Å². The Morgan fingerprint density at radius 2 is 1.86 bits per heavy atom. The van der Waals surface area contributed by atoms with Crippen LogP contribution in [-0.2, 0) is 33.2 Å². The maximum atomic E-state index is 13.7. The monoisotopic (exact) mass is 533 g/mol. The molecule has 1 amide bonds. The van der Waals surface area contributed by atoms with Gasteiger partial charge < -0.3 is 9.88 Å². The SMILES string of the molecule is CC(C)(C)c1nc2cc(S(=O)(=O)n3cc(CC(=O)NC4CC4)cn3)ccc2n1CC1CCC(F)(F)CC1. The fraction of sp³-hybridized carbons (Fsp3) is 0.577. The Morgan fingerprint density at radius 3 is 2.51 bits per heavy atom. The second-order valence-electron chi connectivity index (χ2n) is 11.5. The number of hydrogen-bond donors (Lipinski definition) is 1. The third kappa shape index (κ3) is 5.56. The van der Waals surface area contributed by atoms with E-state index < -0.39 is 15.9 Å². The van der Waals surface area contributed by atoms with Crippen LogP contribution in [-0.4, -0.2) is 45.0 Å². The number of halogens is 2. The zero-order valence-electron chi connectivity index (χ0n) is 21.4. The van der Waals surface area contributed by atoms with E-state index in [-0.39, 0.29) is 47.4 Å². The smallest absolute Gasteiger partial charge is 0.283 e. The van der Waals surface area contributed by atoms with E-state index in [0.717, 1.165) is 28.3 Å². The van der Waals surface area contributed by atoms with Gasteiger partial charge in [0.05, 0.1) is 28.5 Å². The standard InChI is InChI=1S/C26H33F2N5O3S/c1-25(2,3)24-31-21-13-20(6-7-22(21)32(24)15-17-8-10-26(27,28)11-9-17)37(35,36)33-16-18(14-29-33)12-23(34)30-19-4-5-19/h6-7,13-14,16-17,19H,4-5,8-12,15H2,1-3H3,(H,30,34). The number of fused-ring (bicyclic) bond motifs is 1. The van der Waals surface area contributed by atoms with Gasteiger partial charge in [-0.1, -0.05) is 20.8 Å². The number of alkyl halides is 2. The molecule has 0 aliphatic heterocycles. The molecule has 8 nitrogen and oxygen atoms in total. The molecule has 1 aromatic carbocycles. The fourth-order valence-electron chi connectivity index (χ4n) is 4.93. The predicted molar refractivity (Wildman–Crippen MR) is 135 cm³/mol. The average Bonchev–Trinajstić information content (AvgIpc) is 3.35. The van der Waals surface area contributed by atoms with E-state index >= 15 is 0 Å². The summed E-state index contributed by atoms with van der Waals surface area (Å²) in [5.74, 6) is -1.84. The number of nitrogens with zero attached hydrogens (tertiary/aromatic N) is 4. The number of carbonyl (C=O) groups is 1. The Morgan fingerprint density at radius 1 is 1.16 bits per heavy atom. The lowest BCUT2D eigenvalue weighted by atomic mass is 9.86. The maximum Gasteiger partial charge on any atom is 0.283 e. The van der Waals surface area contributed by atoms with Crippen molar-refractivity contribution in [2.24, 2.45) is 5.92 Å². The highest BCUT2D eigenvalue weighted by atomic mass is 32.2. The van der Waals surface area contributed by atoms with Crippen molar-refractivity contribution in [3.05, 3.63) is 42.0 Å². The van der Waals surface area contributed by atoms with Crippen molar-refractivity contribution in [3.63, 3.8) is 0 Å². The maximum absolute atomic E-state index is 13.7. The van der Waals surface area contributed by atoms with Crippen LogP contribution in [0.3, 0.4) is 0 Å². The van der Waals surface area contributed by atoms with Gasteiger partial charge in [-0.25, -0.2) is 13.8 Å². The number of aromatic nitrogens is 4. The number of imidazole rings is 1. The van der Waals surface area contributed by atoms with Gasteiger partial charge in [0.25, 0.3) is 10.0 Å². The van der Waals surface area contributed by atoms with Crippen molar-refractivity contribution in [3.8, 4) is 0 Å². The van der Waals surface area contributed by atoms with Gasteiger partial charge in [-0.05, 0) is 49.8 Å². The van der Waals surface area contributed by atoms with Gasteiger partial charge in [-0.3, -0.25) is 4.79 Å². The average molecular weight is 534 g/mol. The molecule has 0 spiro atoms. The normalized spacial score (nSPS) is 18.8. The van der Waals surface area contributed by atoms with Crippen LogP contribution in [0.2, 0.25) is 0 Å². The molecule has 2 saturated carbocycles. The number of carbonyl (C=O) groups excluding carboxylic acids is 1. The third-order valence-electron chi connectivity index (χ3n) is 7.13. The number of hydrogen-bond acceptors (Lipinski definition) is 5. The van der Waals surface area contributed by atoms with E-state index in [4.69, 9.17) is 4.98 Å². The van der Waals surface area contributed by atoms with Crippen molar-refractivity contribution in [2.75, 3.05) is 0 Å². The molecule has 11 heteroatoms. The summed E-state index contributed by atoms with van der Waals surface area (Å²) in [5, 5.41) is 6.89. The molecule has 5 rings (SSSR count). The third-order valence-corrected chi connectivity index (χ3v) is 8.67. The molecule has 0 atom stereocenters. The van der Waals surface area contributed by atoms with Gasteiger partial charge in [-0.2, -0.15) is 17.6 Å². The Kier molecular flexibility index (Phi) is 6.40. The Hall–Kier alpha value is -2.82. The summed E-state index contributed by atoms with van der Waals surface area (Å²) in [6.07, 6.45) is 5.46. The van der Waals surface area contributed by atoms with Gasteiger partial charge in [0.15, 0.2) is 0 Å². The molecular weight excluding hydrogens is 500 g/mol. The highest BCUT2D eigenvalue weighted by Crippen LogP contribution is 2.38. The highest BCUT2D eigenvalue weighted by molar-refractivity contribution is 7.89. The first-order valence-corrected chi connectivity index (χ1v) is 14.2. The molecule has 37 heavy (non-hydrogen) atoms. The van der Waals surface area contributed by atoms with E-state index in [1.165, 1.54) is 24.5 Å². The molecule has 1 N–H and O–H groups in total. The first kappa shape index (κ1) is 25.8. The Balaban J connectivity index is 1.42. The minimum atomic E-state index is -3.99. The van der Waals surface area contributed by atoms with Crippen molar-refractivity contribution in [1.82, 2.24) is 24.1 Å². The molecule has 2 fully saturated rings. The van der Waals surface area contributed by atoms with Gasteiger partial charge in [0.2, 0.25) is 11.8 Å². The van der Waals surface area contributed by atoms with Crippen LogP contribution < -0.4 is 5.32 Å². The summed E-state index contributed by atoms with van der Waals surface area (Å²) in [7, 11) is -3.99. The number of benzene rings is 1. The van der Waals surface area contributed by atoms with Crippen LogP contribution in [0.15, 0.2) is 35.5 Å². The number of amides is 1. The lowest BCUT2D eigenvalue weighted by Gasteiger charge is -2.30. The quantitative estimate of drug-likeness (QED) is 0.485. The van der Waals surface area contributed by atoms with E-state index in [2.05, 4.69) is 15.0 Å². The van der Waals surface area contributed by atoms with Gasteiger partial charge in [-0.15, -0.1) is 0 Å². The van der Waals surface area contributed by atoms with Crippen LogP contribution >= 0.6 is 0 Å². The van der Waals surface area contributed by atoms with Crippen LogP contribution in [0.1, 0.15) is 70.7 Å². The summed E-state index contributed by atoms with van der Waals surface area (Å²) in [6, 6.07) is 5.02. The largest absolute Gasteiger partial charge is 0.353 e. The molecule has 2 heterocycles. The second-order valence-corrected chi connectivity index (χ2v) is 13.3. The molecule has 2 aliphatic rings. The lowest BCUT2D eigenvalue weighted by molar-refractivity contribution is -0.120. The molecule has 2 aliphatic carbocycles. The molecule has 3 aromatic rings. The Labute approximate surface area is 215 Å². The first-order valence-electron chi connectivity index (χ1n) is 12.8. The summed E-state index contributed by atoms with van der Waals surface area (Å²) in [6.45, 7) is 6.66. The molecular formula is C26H33F2N5O3S. The highest BCUT2D eigenvalue weighted by Gasteiger charge is 2.36. The summed E-state index contributed by atoms with van der Waals surface area (Å²) < 4.78 is 57.0. The van der Waals surface area contributed by atoms with E-state index in [1.54, 1.807) is 6.07 Å². The van der Waals surface area contributed by atoms with Crippen molar-refractivity contribution in [2.45, 2.75) is 94.5 Å². The number of nitrogens with one attached hydrogen (secondary N) is 1. The Bertz CT molecular complexity index is 1420. The summed E-state index contributed by atoms with van der Waals surface area (Å²) in [5.41, 5.74) is 1.50. The first-order chi connectivity index (χ1) is 17.3. The second kappa shape index (κ2) is 9.18. The van der Waals surface area contributed by atoms with E-state index in [1.807, 2.05) is 20.8 Å². The minimum Gasteiger partial charge on any atom is -0.353 e. The molecule has 0 unspecified atom stereocenters. The molecule has 0 saturated heterocycles. The predicted octanol–water partition coefficient (Wildman–Crippen LogP) is 4.41. The molecule has 0 radical (unpaired) electrons. The zero-order valence-corrected chi connectivity index (χ0v) is 22.2. The van der Waals surface area contributed by atoms with Crippen LogP contribution in [0.25, 0.3) is 11.0 Å². The lowest BCUT2D eigenvalue weighted by Crippen LogP contribution is -2.28.